The molecule has 1 amide bonds. The molecule has 3 heteroatoms. The SMILES string of the molecule is CCN(C(=O)C1NCC2CCCC21)C1CC1. The van der Waals surface area contributed by atoms with Crippen LogP contribution < -0.4 is 5.32 Å². The van der Waals surface area contributed by atoms with Crippen LogP contribution in [0.3, 0.4) is 0 Å². The molecule has 1 heterocycles. The van der Waals surface area contributed by atoms with Crippen LogP contribution in [-0.2, 0) is 4.79 Å². The van der Waals surface area contributed by atoms with E-state index < -0.39 is 0 Å². The number of likely N-dealkylation sites (N-methyl/N-ethyl adjacent to an activating group) is 1. The Morgan fingerprint density at radius 2 is 2.12 bits per heavy atom. The summed E-state index contributed by atoms with van der Waals surface area (Å²) in [6.45, 7) is 4.07. The highest BCUT2D eigenvalue weighted by atomic mass is 16.2. The van der Waals surface area contributed by atoms with E-state index in [2.05, 4.69) is 17.1 Å². The highest BCUT2D eigenvalue weighted by molar-refractivity contribution is 5.83. The minimum absolute atomic E-state index is 0.146. The second kappa shape index (κ2) is 4.02. The average Bonchev–Trinajstić information content (AvgIpc) is 2.87. The molecule has 3 atom stereocenters. The van der Waals surface area contributed by atoms with Crippen molar-refractivity contribution in [3.8, 4) is 0 Å². The first-order valence-corrected chi connectivity index (χ1v) is 6.85. The molecule has 3 unspecified atom stereocenters. The molecule has 3 rings (SSSR count). The summed E-state index contributed by atoms with van der Waals surface area (Å²) in [5, 5.41) is 3.46. The lowest BCUT2D eigenvalue weighted by atomic mass is 9.93. The van der Waals surface area contributed by atoms with Crippen molar-refractivity contribution in [3.05, 3.63) is 0 Å². The predicted molar refractivity (Wildman–Crippen MR) is 63.0 cm³/mol. The van der Waals surface area contributed by atoms with Gasteiger partial charge in [0.05, 0.1) is 6.04 Å². The molecule has 0 aromatic rings. The van der Waals surface area contributed by atoms with Gasteiger partial charge in [-0.1, -0.05) is 6.42 Å². The van der Waals surface area contributed by atoms with Crippen LogP contribution in [0.15, 0.2) is 0 Å². The van der Waals surface area contributed by atoms with E-state index in [9.17, 15) is 4.79 Å². The molecule has 90 valence electrons. The first-order valence-electron chi connectivity index (χ1n) is 6.85. The Balaban J connectivity index is 1.69. The monoisotopic (exact) mass is 222 g/mol. The van der Waals surface area contributed by atoms with Crippen molar-refractivity contribution in [1.82, 2.24) is 10.2 Å². The van der Waals surface area contributed by atoms with Crippen LogP contribution in [0.25, 0.3) is 0 Å². The maximum absolute atomic E-state index is 12.5. The van der Waals surface area contributed by atoms with Crippen molar-refractivity contribution >= 4 is 5.91 Å². The molecule has 2 aliphatic carbocycles. The number of nitrogens with zero attached hydrogens (tertiary/aromatic N) is 1. The van der Waals surface area contributed by atoms with E-state index in [0.717, 1.165) is 19.0 Å². The number of fused-ring (bicyclic) bond motifs is 1. The Labute approximate surface area is 97.6 Å². The van der Waals surface area contributed by atoms with E-state index in [4.69, 9.17) is 0 Å². The second-order valence-electron chi connectivity index (χ2n) is 5.60. The van der Waals surface area contributed by atoms with Gasteiger partial charge in [-0.2, -0.15) is 0 Å². The summed E-state index contributed by atoms with van der Waals surface area (Å²) in [4.78, 5) is 14.6. The van der Waals surface area contributed by atoms with Crippen LogP contribution in [0.1, 0.15) is 39.0 Å². The van der Waals surface area contributed by atoms with Gasteiger partial charge in [0, 0.05) is 12.6 Å². The Bertz CT molecular complexity index is 288. The third kappa shape index (κ3) is 1.65. The fourth-order valence-electron chi connectivity index (χ4n) is 3.62. The number of hydrogen-bond acceptors (Lipinski definition) is 2. The van der Waals surface area contributed by atoms with Gasteiger partial charge in [0.2, 0.25) is 5.91 Å². The number of carbonyl (C=O) groups is 1. The summed E-state index contributed by atoms with van der Waals surface area (Å²) in [5.74, 6) is 1.81. The van der Waals surface area contributed by atoms with E-state index in [1.165, 1.54) is 32.1 Å². The third-order valence-electron chi connectivity index (χ3n) is 4.62. The van der Waals surface area contributed by atoms with Crippen LogP contribution in [0.5, 0.6) is 0 Å². The van der Waals surface area contributed by atoms with Crippen LogP contribution in [-0.4, -0.2) is 36.0 Å². The molecule has 3 aliphatic rings. The van der Waals surface area contributed by atoms with Crippen LogP contribution in [0.4, 0.5) is 0 Å². The molecule has 2 saturated carbocycles. The minimum atomic E-state index is 0.146. The Morgan fingerprint density at radius 1 is 1.31 bits per heavy atom. The summed E-state index contributed by atoms with van der Waals surface area (Å²) in [5.41, 5.74) is 0. The molecule has 16 heavy (non-hydrogen) atoms. The first kappa shape index (κ1) is 10.6. The fraction of sp³-hybridized carbons (Fsp3) is 0.923. The van der Waals surface area contributed by atoms with Crippen LogP contribution in [0.2, 0.25) is 0 Å². The number of hydrogen-bond donors (Lipinski definition) is 1. The largest absolute Gasteiger partial charge is 0.339 e. The molecule has 1 aliphatic heterocycles. The van der Waals surface area contributed by atoms with Gasteiger partial charge < -0.3 is 10.2 Å². The standard InChI is InChI=1S/C13H22N2O/c1-2-15(10-6-7-10)13(16)12-11-5-3-4-9(11)8-14-12/h9-12,14H,2-8H2,1H3. The lowest BCUT2D eigenvalue weighted by molar-refractivity contribution is -0.134. The summed E-state index contributed by atoms with van der Waals surface area (Å²) in [6, 6.07) is 0.716. The molecule has 3 nitrogen and oxygen atoms in total. The highest BCUT2D eigenvalue weighted by Crippen LogP contribution is 2.39. The second-order valence-corrected chi connectivity index (χ2v) is 5.60. The summed E-state index contributed by atoms with van der Waals surface area (Å²) in [7, 11) is 0. The normalized spacial score (nSPS) is 37.4. The summed E-state index contributed by atoms with van der Waals surface area (Å²) in [6.07, 6.45) is 6.37. The molecule has 3 fully saturated rings. The highest BCUT2D eigenvalue weighted by Gasteiger charge is 2.45. The summed E-state index contributed by atoms with van der Waals surface area (Å²) >= 11 is 0. The van der Waals surface area contributed by atoms with Gasteiger partial charge in [-0.3, -0.25) is 4.79 Å². The van der Waals surface area contributed by atoms with Crippen LogP contribution >= 0.6 is 0 Å². The van der Waals surface area contributed by atoms with E-state index in [0.29, 0.717) is 17.9 Å². The number of carbonyl (C=O) groups excluding carboxylic acids is 1. The molecule has 0 spiro atoms. The van der Waals surface area contributed by atoms with Gasteiger partial charge in [-0.25, -0.2) is 0 Å². The van der Waals surface area contributed by atoms with Crippen LogP contribution in [0, 0.1) is 11.8 Å². The van der Waals surface area contributed by atoms with E-state index in [1.54, 1.807) is 0 Å². The number of rotatable bonds is 3. The summed E-state index contributed by atoms with van der Waals surface area (Å²) < 4.78 is 0. The van der Waals surface area contributed by atoms with Crippen molar-refractivity contribution < 1.29 is 4.79 Å². The van der Waals surface area contributed by atoms with Gasteiger partial charge in [-0.05, 0) is 51.0 Å². The lowest BCUT2D eigenvalue weighted by Gasteiger charge is -2.27. The van der Waals surface area contributed by atoms with Gasteiger partial charge >= 0.3 is 0 Å². The quantitative estimate of drug-likeness (QED) is 0.782. The Hall–Kier alpha value is -0.570. The Kier molecular flexibility index (Phi) is 2.66. The average molecular weight is 222 g/mol. The molecule has 0 bridgehead atoms. The number of nitrogens with one attached hydrogen (secondary N) is 1. The smallest absolute Gasteiger partial charge is 0.240 e. The molecule has 1 saturated heterocycles. The first-order chi connectivity index (χ1) is 7.81. The van der Waals surface area contributed by atoms with Crippen molar-refractivity contribution in [2.45, 2.75) is 51.1 Å². The fourth-order valence-corrected chi connectivity index (χ4v) is 3.62. The molecule has 0 aromatic heterocycles. The Morgan fingerprint density at radius 3 is 2.81 bits per heavy atom. The zero-order valence-electron chi connectivity index (χ0n) is 10.1. The molecule has 0 aromatic carbocycles. The van der Waals surface area contributed by atoms with Crippen molar-refractivity contribution in [1.29, 1.82) is 0 Å². The van der Waals surface area contributed by atoms with Gasteiger partial charge in [0.25, 0.3) is 0 Å². The van der Waals surface area contributed by atoms with E-state index in [-0.39, 0.29) is 6.04 Å². The zero-order valence-corrected chi connectivity index (χ0v) is 10.1. The van der Waals surface area contributed by atoms with Gasteiger partial charge in [0.1, 0.15) is 0 Å². The molecule has 1 N–H and O–H groups in total. The molecular formula is C13H22N2O. The number of amides is 1. The predicted octanol–water partition coefficient (Wildman–Crippen LogP) is 1.39. The molecular weight excluding hydrogens is 200 g/mol. The van der Waals surface area contributed by atoms with Crippen molar-refractivity contribution in [2.24, 2.45) is 11.8 Å². The topological polar surface area (TPSA) is 32.3 Å². The molecule has 0 radical (unpaired) electrons. The van der Waals surface area contributed by atoms with Gasteiger partial charge in [0.15, 0.2) is 0 Å². The zero-order chi connectivity index (χ0) is 11.1. The van der Waals surface area contributed by atoms with Gasteiger partial charge in [-0.15, -0.1) is 0 Å². The minimum Gasteiger partial charge on any atom is -0.339 e. The van der Waals surface area contributed by atoms with E-state index >= 15 is 0 Å². The third-order valence-corrected chi connectivity index (χ3v) is 4.62. The maximum Gasteiger partial charge on any atom is 0.240 e. The van der Waals surface area contributed by atoms with Crippen molar-refractivity contribution in [3.63, 3.8) is 0 Å². The lowest BCUT2D eigenvalue weighted by Crippen LogP contribution is -2.47. The maximum atomic E-state index is 12.5. The van der Waals surface area contributed by atoms with E-state index in [1.807, 2.05) is 0 Å². The van der Waals surface area contributed by atoms with Crippen molar-refractivity contribution in [2.75, 3.05) is 13.1 Å².